The summed E-state index contributed by atoms with van der Waals surface area (Å²) < 4.78 is 10.7. The van der Waals surface area contributed by atoms with E-state index in [0.29, 0.717) is 24.3 Å². The van der Waals surface area contributed by atoms with Crippen LogP contribution >= 0.6 is 0 Å². The van der Waals surface area contributed by atoms with Crippen molar-refractivity contribution < 1.29 is 9.26 Å². The van der Waals surface area contributed by atoms with Crippen molar-refractivity contribution >= 4 is 0 Å². The van der Waals surface area contributed by atoms with Gasteiger partial charge in [0.2, 0.25) is 5.89 Å². The molecule has 0 saturated heterocycles. The first-order valence-electron chi connectivity index (χ1n) is 6.91. The molecule has 0 spiro atoms. The molecule has 1 aromatic heterocycles. The van der Waals surface area contributed by atoms with Gasteiger partial charge in [0, 0.05) is 18.2 Å². The van der Waals surface area contributed by atoms with Crippen LogP contribution in [0.25, 0.3) is 0 Å². The fourth-order valence-corrected chi connectivity index (χ4v) is 2.38. The van der Waals surface area contributed by atoms with Crippen molar-refractivity contribution in [3.63, 3.8) is 0 Å². The average Bonchev–Trinajstić information content (AvgIpc) is 3.23. The lowest BCUT2D eigenvalue weighted by Crippen LogP contribution is -2.25. The molecule has 3 rings (SSSR count). The molecule has 1 heterocycles. The smallest absolute Gasteiger partial charge is 0.240 e. The highest BCUT2D eigenvalue weighted by molar-refractivity contribution is 5.33. The molecule has 5 heteroatoms. The van der Waals surface area contributed by atoms with Crippen LogP contribution in [-0.2, 0) is 13.1 Å². The lowest BCUT2D eigenvalue weighted by Gasteiger charge is -2.21. The summed E-state index contributed by atoms with van der Waals surface area (Å²) in [6.45, 7) is 3.38. The molecule has 106 valence electrons. The summed E-state index contributed by atoms with van der Waals surface area (Å²) in [4.78, 5) is 6.67. The van der Waals surface area contributed by atoms with Gasteiger partial charge in [-0.05, 0) is 25.8 Å². The van der Waals surface area contributed by atoms with Gasteiger partial charge in [0.15, 0.2) is 5.82 Å². The Balaban J connectivity index is 1.74. The SMILES string of the molecule is COc1ccccc1CN(Cc1nc(C)no1)C1CC1. The first kappa shape index (κ1) is 13.1. The van der Waals surface area contributed by atoms with Crippen molar-refractivity contribution in [3.05, 3.63) is 41.5 Å². The van der Waals surface area contributed by atoms with Crippen molar-refractivity contribution in [2.24, 2.45) is 0 Å². The molecule has 1 fully saturated rings. The zero-order valence-electron chi connectivity index (χ0n) is 11.9. The molecule has 0 unspecified atom stereocenters. The fourth-order valence-electron chi connectivity index (χ4n) is 2.38. The Hall–Kier alpha value is -1.88. The highest BCUT2D eigenvalue weighted by Gasteiger charge is 2.30. The van der Waals surface area contributed by atoms with Crippen molar-refractivity contribution in [3.8, 4) is 5.75 Å². The Morgan fingerprint density at radius 1 is 1.30 bits per heavy atom. The zero-order chi connectivity index (χ0) is 13.9. The minimum Gasteiger partial charge on any atom is -0.496 e. The highest BCUT2D eigenvalue weighted by Crippen LogP contribution is 2.31. The van der Waals surface area contributed by atoms with Crippen molar-refractivity contribution in [2.75, 3.05) is 7.11 Å². The van der Waals surface area contributed by atoms with E-state index in [-0.39, 0.29) is 0 Å². The van der Waals surface area contributed by atoms with E-state index in [1.54, 1.807) is 7.11 Å². The van der Waals surface area contributed by atoms with E-state index in [1.165, 1.54) is 18.4 Å². The van der Waals surface area contributed by atoms with Crippen LogP contribution in [0.4, 0.5) is 0 Å². The van der Waals surface area contributed by atoms with Crippen molar-refractivity contribution in [1.29, 1.82) is 0 Å². The molecule has 1 saturated carbocycles. The Bertz CT molecular complexity index is 578. The molecule has 0 atom stereocenters. The first-order chi connectivity index (χ1) is 9.76. The molecule has 0 N–H and O–H groups in total. The number of hydrogen-bond acceptors (Lipinski definition) is 5. The number of aryl methyl sites for hydroxylation is 1. The summed E-state index contributed by atoms with van der Waals surface area (Å²) in [7, 11) is 1.71. The van der Waals surface area contributed by atoms with Crippen LogP contribution in [0.2, 0.25) is 0 Å². The van der Waals surface area contributed by atoms with Crippen LogP contribution in [0.1, 0.15) is 30.1 Å². The molecule has 1 aliphatic carbocycles. The van der Waals surface area contributed by atoms with E-state index in [0.717, 1.165) is 12.3 Å². The van der Waals surface area contributed by atoms with E-state index < -0.39 is 0 Å². The molecule has 1 aliphatic rings. The Morgan fingerprint density at radius 2 is 2.10 bits per heavy atom. The van der Waals surface area contributed by atoms with Gasteiger partial charge in [-0.3, -0.25) is 4.90 Å². The maximum absolute atomic E-state index is 5.42. The normalized spacial score (nSPS) is 14.8. The van der Waals surface area contributed by atoms with Crippen LogP contribution < -0.4 is 4.74 Å². The predicted molar refractivity (Wildman–Crippen MR) is 74.3 cm³/mol. The molecule has 0 aliphatic heterocycles. The van der Waals surface area contributed by atoms with Gasteiger partial charge >= 0.3 is 0 Å². The molecule has 5 nitrogen and oxygen atoms in total. The van der Waals surface area contributed by atoms with E-state index in [9.17, 15) is 0 Å². The third-order valence-electron chi connectivity index (χ3n) is 3.54. The van der Waals surface area contributed by atoms with Gasteiger partial charge in [-0.25, -0.2) is 0 Å². The average molecular weight is 273 g/mol. The largest absolute Gasteiger partial charge is 0.496 e. The summed E-state index contributed by atoms with van der Waals surface area (Å²) in [5.74, 6) is 2.30. The van der Waals surface area contributed by atoms with E-state index >= 15 is 0 Å². The maximum atomic E-state index is 5.42. The molecule has 0 bridgehead atoms. The number of para-hydroxylation sites is 1. The predicted octanol–water partition coefficient (Wildman–Crippen LogP) is 2.55. The molecule has 1 aromatic carbocycles. The third-order valence-corrected chi connectivity index (χ3v) is 3.54. The molecule has 2 aromatic rings. The first-order valence-corrected chi connectivity index (χ1v) is 6.91. The molecule has 0 amide bonds. The lowest BCUT2D eigenvalue weighted by molar-refractivity contribution is 0.207. The second-order valence-corrected chi connectivity index (χ2v) is 5.18. The summed E-state index contributed by atoms with van der Waals surface area (Å²) >= 11 is 0. The molecular formula is C15H19N3O2. The molecule has 20 heavy (non-hydrogen) atoms. The van der Waals surface area contributed by atoms with Gasteiger partial charge in [-0.1, -0.05) is 23.4 Å². The quantitative estimate of drug-likeness (QED) is 0.809. The number of rotatable bonds is 6. The molecular weight excluding hydrogens is 254 g/mol. The Kier molecular flexibility index (Phi) is 3.69. The van der Waals surface area contributed by atoms with Gasteiger partial charge in [-0.15, -0.1) is 0 Å². The monoisotopic (exact) mass is 273 g/mol. The summed E-state index contributed by atoms with van der Waals surface area (Å²) in [5, 5.41) is 3.85. The van der Waals surface area contributed by atoms with Crippen LogP contribution in [-0.4, -0.2) is 28.2 Å². The fraction of sp³-hybridized carbons (Fsp3) is 0.467. The lowest BCUT2D eigenvalue weighted by atomic mass is 10.2. The van der Waals surface area contributed by atoms with E-state index in [4.69, 9.17) is 9.26 Å². The van der Waals surface area contributed by atoms with Gasteiger partial charge in [0.1, 0.15) is 5.75 Å². The van der Waals surface area contributed by atoms with E-state index in [2.05, 4.69) is 21.1 Å². The minimum absolute atomic E-state index is 0.618. The summed E-state index contributed by atoms with van der Waals surface area (Å²) in [5.41, 5.74) is 1.19. The Labute approximate surface area is 118 Å². The standard InChI is InChI=1S/C15H19N3O2/c1-11-16-15(20-17-11)10-18(13-7-8-13)9-12-5-3-4-6-14(12)19-2/h3-6,13H,7-10H2,1-2H3. The van der Waals surface area contributed by atoms with E-state index in [1.807, 2.05) is 25.1 Å². The second-order valence-electron chi connectivity index (χ2n) is 5.18. The number of aromatic nitrogens is 2. The number of nitrogens with zero attached hydrogens (tertiary/aromatic N) is 3. The van der Waals surface area contributed by atoms with Crippen LogP contribution in [0.5, 0.6) is 5.75 Å². The number of benzene rings is 1. The van der Waals surface area contributed by atoms with Crippen molar-refractivity contribution in [2.45, 2.75) is 38.9 Å². The van der Waals surface area contributed by atoms with Crippen LogP contribution in [0.15, 0.2) is 28.8 Å². The zero-order valence-corrected chi connectivity index (χ0v) is 11.9. The van der Waals surface area contributed by atoms with Crippen molar-refractivity contribution in [1.82, 2.24) is 15.0 Å². The van der Waals surface area contributed by atoms with Gasteiger partial charge < -0.3 is 9.26 Å². The number of methoxy groups -OCH3 is 1. The third kappa shape index (κ3) is 2.99. The minimum atomic E-state index is 0.618. The Morgan fingerprint density at radius 3 is 2.75 bits per heavy atom. The van der Waals surface area contributed by atoms with Gasteiger partial charge in [0.05, 0.1) is 13.7 Å². The topological polar surface area (TPSA) is 51.4 Å². The van der Waals surface area contributed by atoms with Gasteiger partial charge in [0.25, 0.3) is 0 Å². The summed E-state index contributed by atoms with van der Waals surface area (Å²) in [6.07, 6.45) is 2.48. The number of hydrogen-bond donors (Lipinski definition) is 0. The summed E-state index contributed by atoms with van der Waals surface area (Å²) in [6, 6.07) is 8.75. The van der Waals surface area contributed by atoms with Crippen LogP contribution in [0.3, 0.4) is 0 Å². The maximum Gasteiger partial charge on any atom is 0.240 e. The van der Waals surface area contributed by atoms with Gasteiger partial charge in [-0.2, -0.15) is 4.98 Å². The van der Waals surface area contributed by atoms with Crippen LogP contribution in [0, 0.1) is 6.92 Å². The highest BCUT2D eigenvalue weighted by atomic mass is 16.5. The molecule has 0 radical (unpaired) electrons. The number of ether oxygens (including phenoxy) is 1. The second kappa shape index (κ2) is 5.63.